The normalized spacial score (nSPS) is 9.91. The summed E-state index contributed by atoms with van der Waals surface area (Å²) in [6.45, 7) is 27.8. The molecule has 0 aliphatic carbocycles. The van der Waals surface area contributed by atoms with Gasteiger partial charge in [-0.15, -0.1) is 18.2 Å². The predicted octanol–water partition coefficient (Wildman–Crippen LogP) is 8.94. The van der Waals surface area contributed by atoms with Crippen LogP contribution in [0.2, 0.25) is 0 Å². The Balaban J connectivity index is -0.000000185. The molecule has 2 aromatic rings. The van der Waals surface area contributed by atoms with Crippen LogP contribution in [-0.4, -0.2) is 30.0 Å². The average Bonchev–Trinajstić information content (AvgIpc) is 3.05. The molecule has 0 atom stereocenters. The number of allylic oxidation sites excluding steroid dienone is 6. The van der Waals surface area contributed by atoms with Crippen molar-refractivity contribution in [1.82, 2.24) is 0 Å². The van der Waals surface area contributed by atoms with Gasteiger partial charge < -0.3 is 22.1 Å². The molecule has 0 unspecified atom stereocenters. The van der Waals surface area contributed by atoms with Crippen molar-refractivity contribution < 1.29 is 74.9 Å². The van der Waals surface area contributed by atoms with Crippen LogP contribution in [0, 0.1) is 25.5 Å². The Labute approximate surface area is 332 Å². The molecule has 47 heavy (non-hydrogen) atoms. The van der Waals surface area contributed by atoms with Gasteiger partial charge in [-0.25, -0.2) is 8.78 Å². The maximum atomic E-state index is 14.2. The van der Waals surface area contributed by atoms with E-state index in [0.717, 1.165) is 24.2 Å². The van der Waals surface area contributed by atoms with Gasteiger partial charge in [0.05, 0.1) is 17.7 Å². The number of carboxylic acid groups (broad SMARTS) is 1. The molecule has 0 aliphatic heterocycles. The molecule has 2 rings (SSSR count). The smallest absolute Gasteiger partial charge is 0.483 e. The van der Waals surface area contributed by atoms with Crippen molar-refractivity contribution in [3.63, 3.8) is 0 Å². The molecule has 0 radical (unpaired) electrons. The van der Waals surface area contributed by atoms with Crippen LogP contribution in [0.4, 0.5) is 14.5 Å². The Bertz CT molecular complexity index is 1190. The summed E-state index contributed by atoms with van der Waals surface area (Å²) in [5, 5.41) is 10.1. The molecular formula is C38H57ClF2KN2O3-. The minimum atomic E-state index is -0.865. The minimum absolute atomic E-state index is 0. The first-order valence-electron chi connectivity index (χ1n) is 14.9. The molecule has 260 valence electrons. The van der Waals surface area contributed by atoms with Crippen molar-refractivity contribution in [3.8, 4) is 0 Å². The summed E-state index contributed by atoms with van der Waals surface area (Å²) in [5.74, 6) is -1.70. The number of alkyl halides is 1. The largest absolute Gasteiger partial charge is 1.00 e. The molecule has 0 amide bonds. The molecule has 0 saturated heterocycles. The number of halogens is 3. The van der Waals surface area contributed by atoms with Gasteiger partial charge in [0.25, 0.3) is 6.47 Å². The van der Waals surface area contributed by atoms with Crippen LogP contribution in [0.15, 0.2) is 83.7 Å². The summed E-state index contributed by atoms with van der Waals surface area (Å²) in [6.07, 6.45) is 12.6. The van der Waals surface area contributed by atoms with Crippen molar-refractivity contribution in [2.75, 3.05) is 11.7 Å². The van der Waals surface area contributed by atoms with Crippen LogP contribution in [0.3, 0.4) is 0 Å². The molecule has 5 nitrogen and oxygen atoms in total. The predicted molar refractivity (Wildman–Crippen MR) is 200 cm³/mol. The van der Waals surface area contributed by atoms with Crippen LogP contribution in [0.5, 0.6) is 0 Å². The van der Waals surface area contributed by atoms with Gasteiger partial charge in [-0.3, -0.25) is 9.79 Å². The molecule has 0 saturated carbocycles. The van der Waals surface area contributed by atoms with Crippen molar-refractivity contribution in [1.29, 1.82) is 0 Å². The number of carbonyl (C=O) groups is 1. The second-order valence-electron chi connectivity index (χ2n) is 8.89. The van der Waals surface area contributed by atoms with E-state index in [9.17, 15) is 13.6 Å². The minimum Gasteiger partial charge on any atom is -0.483 e. The van der Waals surface area contributed by atoms with E-state index in [4.69, 9.17) is 9.90 Å². The Hall–Kier alpha value is -2.20. The number of hydrogen-bond acceptors (Lipinski definition) is 4. The molecule has 2 N–H and O–H groups in total. The van der Waals surface area contributed by atoms with E-state index in [-0.39, 0.29) is 69.0 Å². The van der Waals surface area contributed by atoms with Gasteiger partial charge in [-0.2, -0.15) is 24.1 Å². The van der Waals surface area contributed by atoms with E-state index in [1.165, 1.54) is 25.1 Å². The number of aryl methyl sites for hydroxylation is 1. The number of nitrogens with zero attached hydrogens (tertiary/aromatic N) is 1. The molecule has 9 heteroatoms. The van der Waals surface area contributed by atoms with Crippen LogP contribution in [0.1, 0.15) is 98.8 Å². The van der Waals surface area contributed by atoms with Crippen LogP contribution in [0.25, 0.3) is 5.57 Å². The first-order chi connectivity index (χ1) is 21.8. The zero-order chi connectivity index (χ0) is 37.1. The SMILES string of the molecule is C/C=C\C.C=C(C)C.CC.CC/C=C(Nc1ccc([C-]=O)cc1)/C(C)=N/C=C(\C)c1ccc(C)c(F)c1F.CCl.O=CO.[CH2-]CC.[K+]. The second-order valence-corrected chi connectivity index (χ2v) is 8.89. The first-order valence-corrected chi connectivity index (χ1v) is 15.7. The van der Waals surface area contributed by atoms with Gasteiger partial charge in [0.15, 0.2) is 11.6 Å². The van der Waals surface area contributed by atoms with Gasteiger partial charge in [0.1, 0.15) is 0 Å². The molecular weight excluding hydrogens is 645 g/mol. The van der Waals surface area contributed by atoms with E-state index in [1.807, 2.05) is 86.8 Å². The zero-order valence-electron chi connectivity index (χ0n) is 31.0. The summed E-state index contributed by atoms with van der Waals surface area (Å²) in [7, 11) is 0. The zero-order valence-corrected chi connectivity index (χ0v) is 34.9. The molecule has 0 fully saturated rings. The molecule has 0 heterocycles. The number of nitrogens with one attached hydrogen (secondary N) is 1. The summed E-state index contributed by atoms with van der Waals surface area (Å²) >= 11 is 4.64. The summed E-state index contributed by atoms with van der Waals surface area (Å²) < 4.78 is 27.9. The van der Waals surface area contributed by atoms with Crippen molar-refractivity contribution in [2.24, 2.45) is 4.99 Å². The van der Waals surface area contributed by atoms with E-state index in [0.29, 0.717) is 16.8 Å². The van der Waals surface area contributed by atoms with Gasteiger partial charge in [0.2, 0.25) is 0 Å². The van der Waals surface area contributed by atoms with Crippen LogP contribution >= 0.6 is 11.6 Å². The van der Waals surface area contributed by atoms with E-state index < -0.39 is 11.6 Å². The first kappa shape index (κ1) is 57.1. The monoisotopic (exact) mass is 701 g/mol. The summed E-state index contributed by atoms with van der Waals surface area (Å²) in [6, 6.07) is 10.0. The number of hydrogen-bond donors (Lipinski definition) is 2. The molecule has 0 bridgehead atoms. The number of carbonyl (C=O) groups excluding carboxylic acids is 1. The van der Waals surface area contributed by atoms with E-state index in [2.05, 4.69) is 35.4 Å². The van der Waals surface area contributed by atoms with Crippen molar-refractivity contribution >= 4 is 41.3 Å². The molecule has 0 aliphatic rings. The van der Waals surface area contributed by atoms with Gasteiger partial charge in [-0.1, -0.05) is 75.8 Å². The molecule has 2 aromatic carbocycles. The third kappa shape index (κ3) is 33.5. The third-order valence-electron chi connectivity index (χ3n) is 4.57. The number of aliphatic imine (C=N–C) groups is 1. The Morgan fingerprint density at radius 2 is 1.43 bits per heavy atom. The molecule has 0 aromatic heterocycles. The maximum Gasteiger partial charge on any atom is 1.00 e. The van der Waals surface area contributed by atoms with Gasteiger partial charge in [0, 0.05) is 23.8 Å². The Morgan fingerprint density at radius 1 is 1.00 bits per heavy atom. The third-order valence-corrected chi connectivity index (χ3v) is 4.57. The average molecular weight is 702 g/mol. The van der Waals surface area contributed by atoms with E-state index in [1.54, 1.807) is 43.3 Å². The summed E-state index contributed by atoms with van der Waals surface area (Å²) in [4.78, 5) is 23.4. The number of rotatable bonds is 7. The topological polar surface area (TPSA) is 78.8 Å². The van der Waals surface area contributed by atoms with Crippen molar-refractivity contribution in [2.45, 2.75) is 89.0 Å². The number of benzene rings is 2. The van der Waals surface area contributed by atoms with Crippen LogP contribution in [-0.2, 0) is 9.59 Å². The van der Waals surface area contributed by atoms with E-state index >= 15 is 0 Å². The fraction of sp³-hybridized carbons (Fsp3) is 0.368. The number of anilines is 1. The molecule has 0 spiro atoms. The Morgan fingerprint density at radius 3 is 1.79 bits per heavy atom. The fourth-order valence-electron chi connectivity index (χ4n) is 2.55. The van der Waals surface area contributed by atoms with Gasteiger partial charge in [-0.05, 0) is 66.0 Å². The Kier molecular flexibility index (Phi) is 50.8. The summed E-state index contributed by atoms with van der Waals surface area (Å²) in [5.41, 5.74) is 4.92. The maximum absolute atomic E-state index is 14.2. The fourth-order valence-corrected chi connectivity index (χ4v) is 2.55. The second kappa shape index (κ2) is 41.8. The van der Waals surface area contributed by atoms with Crippen LogP contribution < -0.4 is 56.7 Å². The standard InChI is InChI=1S/C23H23F2N2O.2C4H8.C3H7.C2H6.CH3Cl.CH2O2.K/c1-5-6-21(27-19-10-8-18(14-28)9-11-19)17(4)26-13-16(3)20-12-7-15(2)22(24)23(20)25;1-4(2)3;1-3-4-2;1-3-2;2*1-2;2-1-3;/h6-13,27H,5H2,1-4H3;1H2,2-3H3;3-4H,1-2H3;1,3H2,2H3;1-2H3;1H3;1H,(H,2,3);/q-1;;;-1;;;;+1/b16-13+,21-6-,26-17+;;4-3-;;;;;. The van der Waals surface area contributed by atoms with Crippen molar-refractivity contribution in [3.05, 3.63) is 114 Å². The van der Waals surface area contributed by atoms with Gasteiger partial charge >= 0.3 is 51.4 Å². The quantitative estimate of drug-likeness (QED) is 0.0755.